The highest BCUT2D eigenvalue weighted by Crippen LogP contribution is 2.35. The summed E-state index contributed by atoms with van der Waals surface area (Å²) in [5.74, 6) is 0. The summed E-state index contributed by atoms with van der Waals surface area (Å²) in [7, 11) is 0. The molecule has 0 aromatic rings. The number of hydrogen-bond acceptors (Lipinski definition) is 4. The predicted octanol–water partition coefficient (Wildman–Crippen LogP) is 0.651. The minimum absolute atomic E-state index is 0.0243. The highest BCUT2D eigenvalue weighted by Gasteiger charge is 2.41. The van der Waals surface area contributed by atoms with E-state index in [2.05, 4.69) is 10.3 Å². The van der Waals surface area contributed by atoms with Crippen molar-refractivity contribution in [3.8, 4) is 0 Å². The molecule has 2 saturated heterocycles. The topological polar surface area (TPSA) is 53.9 Å². The first-order valence-electron chi connectivity index (χ1n) is 6.42. The average Bonchev–Trinajstić information content (AvgIpc) is 2.80. The van der Waals surface area contributed by atoms with Crippen molar-refractivity contribution in [3.05, 3.63) is 0 Å². The van der Waals surface area contributed by atoms with Crippen LogP contribution in [0.5, 0.6) is 0 Å². The molecule has 3 aliphatic rings. The lowest BCUT2D eigenvalue weighted by Crippen LogP contribution is -2.58. The highest BCUT2D eigenvalue weighted by molar-refractivity contribution is 5.69. The Balaban J connectivity index is 1.47. The number of nitrogens with zero attached hydrogens (tertiary/aromatic N) is 2. The monoisotopic (exact) mass is 237 g/mol. The molecule has 0 radical (unpaired) electrons. The Hall–Kier alpha value is -1.10. The van der Waals surface area contributed by atoms with E-state index in [9.17, 15) is 4.79 Å². The first kappa shape index (κ1) is 11.0. The van der Waals surface area contributed by atoms with Gasteiger partial charge in [0.15, 0.2) is 0 Å². The molecule has 5 nitrogen and oxygen atoms in total. The minimum atomic E-state index is -0.150. The van der Waals surface area contributed by atoms with Crippen LogP contribution in [-0.4, -0.2) is 56.0 Å². The van der Waals surface area contributed by atoms with E-state index in [1.807, 2.05) is 11.1 Å². The van der Waals surface area contributed by atoms with Gasteiger partial charge < -0.3 is 15.0 Å². The van der Waals surface area contributed by atoms with Crippen molar-refractivity contribution in [2.24, 2.45) is 10.4 Å². The van der Waals surface area contributed by atoms with E-state index in [1.54, 1.807) is 0 Å². The van der Waals surface area contributed by atoms with Crippen molar-refractivity contribution in [3.63, 3.8) is 0 Å². The van der Waals surface area contributed by atoms with Crippen molar-refractivity contribution in [1.82, 2.24) is 10.2 Å². The van der Waals surface area contributed by atoms with Crippen LogP contribution < -0.4 is 5.32 Å². The van der Waals surface area contributed by atoms with E-state index < -0.39 is 0 Å². The molecule has 1 amide bonds. The van der Waals surface area contributed by atoms with Gasteiger partial charge in [0, 0.05) is 38.8 Å². The molecule has 5 heteroatoms. The van der Waals surface area contributed by atoms with Crippen LogP contribution in [0.4, 0.5) is 4.79 Å². The molecule has 1 spiro atoms. The number of rotatable bonds is 1. The molecule has 0 aromatic heterocycles. The molecule has 0 saturated carbocycles. The second-order valence-corrected chi connectivity index (χ2v) is 5.38. The number of carbonyl (C=O) groups excluding carboxylic acids is 1. The first-order chi connectivity index (χ1) is 8.27. The quantitative estimate of drug-likeness (QED) is 0.728. The predicted molar refractivity (Wildman–Crippen MR) is 64.4 cm³/mol. The number of piperidine rings is 1. The molecule has 0 aliphatic carbocycles. The van der Waals surface area contributed by atoms with E-state index >= 15 is 0 Å². The zero-order valence-corrected chi connectivity index (χ0v) is 10.0. The number of ether oxygens (including phenoxy) is 1. The van der Waals surface area contributed by atoms with Crippen LogP contribution in [0, 0.1) is 5.41 Å². The van der Waals surface area contributed by atoms with Crippen LogP contribution >= 0.6 is 0 Å². The molecule has 94 valence electrons. The fraction of sp³-hybridized carbons (Fsp3) is 0.833. The molecule has 17 heavy (non-hydrogen) atoms. The SMILES string of the molecule is O=C(OC1CC=NC1)N1CCC2(CC1)CNC2. The van der Waals surface area contributed by atoms with E-state index in [-0.39, 0.29) is 12.2 Å². The average molecular weight is 237 g/mol. The standard InChI is InChI=1S/C12H19N3O2/c16-11(17-10-1-4-13-7-10)15-5-2-12(3-6-15)8-14-9-12/h4,10,14H,1-3,5-9H2. The summed E-state index contributed by atoms with van der Waals surface area (Å²) >= 11 is 0. The van der Waals surface area contributed by atoms with Crippen molar-refractivity contribution in [1.29, 1.82) is 0 Å². The van der Waals surface area contributed by atoms with E-state index in [1.165, 1.54) is 0 Å². The van der Waals surface area contributed by atoms with Gasteiger partial charge in [-0.15, -0.1) is 0 Å². The molecule has 1 unspecified atom stereocenters. The molecule has 1 atom stereocenters. The van der Waals surface area contributed by atoms with Crippen LogP contribution in [0.1, 0.15) is 19.3 Å². The molecule has 0 aromatic carbocycles. The molecule has 3 aliphatic heterocycles. The summed E-state index contributed by atoms with van der Waals surface area (Å²) < 4.78 is 5.42. The zero-order valence-electron chi connectivity index (χ0n) is 10.0. The normalized spacial score (nSPS) is 30.4. The second kappa shape index (κ2) is 4.29. The smallest absolute Gasteiger partial charge is 0.410 e. The summed E-state index contributed by atoms with van der Waals surface area (Å²) in [6.07, 6.45) is 4.65. The molecular weight excluding hydrogens is 218 g/mol. The lowest BCUT2D eigenvalue weighted by atomic mass is 9.73. The van der Waals surface area contributed by atoms with Crippen LogP contribution in [0.3, 0.4) is 0 Å². The van der Waals surface area contributed by atoms with Gasteiger partial charge in [-0.3, -0.25) is 4.99 Å². The van der Waals surface area contributed by atoms with E-state index in [0.29, 0.717) is 12.0 Å². The molecule has 1 N–H and O–H groups in total. The number of aliphatic imine (C=N–C) groups is 1. The maximum absolute atomic E-state index is 11.9. The Morgan fingerprint density at radius 1 is 1.41 bits per heavy atom. The Kier molecular flexibility index (Phi) is 2.78. The summed E-state index contributed by atoms with van der Waals surface area (Å²) in [4.78, 5) is 17.8. The number of nitrogens with one attached hydrogen (secondary N) is 1. The van der Waals surface area contributed by atoms with Gasteiger partial charge in [-0.05, 0) is 18.3 Å². The Morgan fingerprint density at radius 2 is 2.18 bits per heavy atom. The van der Waals surface area contributed by atoms with Crippen molar-refractivity contribution in [2.45, 2.75) is 25.4 Å². The Labute approximate surface area is 101 Å². The van der Waals surface area contributed by atoms with Gasteiger partial charge in [0.2, 0.25) is 0 Å². The number of likely N-dealkylation sites (tertiary alicyclic amines) is 1. The van der Waals surface area contributed by atoms with Crippen molar-refractivity contribution >= 4 is 12.3 Å². The van der Waals surface area contributed by atoms with Crippen LogP contribution in [-0.2, 0) is 4.74 Å². The van der Waals surface area contributed by atoms with Crippen molar-refractivity contribution in [2.75, 3.05) is 32.7 Å². The largest absolute Gasteiger partial charge is 0.444 e. The van der Waals surface area contributed by atoms with Gasteiger partial charge in [0.25, 0.3) is 0 Å². The Bertz CT molecular complexity index is 321. The number of hydrogen-bond donors (Lipinski definition) is 1. The second-order valence-electron chi connectivity index (χ2n) is 5.38. The molecule has 3 heterocycles. The number of carbonyl (C=O) groups is 1. The van der Waals surface area contributed by atoms with Gasteiger partial charge in [-0.1, -0.05) is 0 Å². The Morgan fingerprint density at radius 3 is 2.71 bits per heavy atom. The first-order valence-corrected chi connectivity index (χ1v) is 6.42. The summed E-state index contributed by atoms with van der Waals surface area (Å²) in [5.41, 5.74) is 0.479. The van der Waals surface area contributed by atoms with Gasteiger partial charge in [-0.25, -0.2) is 4.79 Å². The lowest BCUT2D eigenvalue weighted by Gasteiger charge is -2.48. The van der Waals surface area contributed by atoms with Crippen molar-refractivity contribution < 1.29 is 9.53 Å². The van der Waals surface area contributed by atoms with Crippen LogP contribution in [0.2, 0.25) is 0 Å². The minimum Gasteiger partial charge on any atom is -0.444 e. The maximum atomic E-state index is 11.9. The summed E-state index contributed by atoms with van der Waals surface area (Å²) in [6, 6.07) is 0. The molecule has 2 fully saturated rings. The highest BCUT2D eigenvalue weighted by atomic mass is 16.6. The summed E-state index contributed by atoms with van der Waals surface area (Å²) in [6.45, 7) is 4.55. The third-order valence-electron chi connectivity index (χ3n) is 4.16. The maximum Gasteiger partial charge on any atom is 0.410 e. The van der Waals surface area contributed by atoms with E-state index in [0.717, 1.165) is 45.4 Å². The molecule has 0 bridgehead atoms. The zero-order chi connectivity index (χ0) is 11.7. The lowest BCUT2D eigenvalue weighted by molar-refractivity contribution is 0.0283. The van der Waals surface area contributed by atoms with Gasteiger partial charge >= 0.3 is 6.09 Å². The number of amides is 1. The van der Waals surface area contributed by atoms with Gasteiger partial charge in [0.1, 0.15) is 6.10 Å². The van der Waals surface area contributed by atoms with Crippen LogP contribution in [0.25, 0.3) is 0 Å². The third kappa shape index (κ3) is 2.16. The van der Waals surface area contributed by atoms with Gasteiger partial charge in [-0.2, -0.15) is 0 Å². The molecular formula is C12H19N3O2. The summed E-state index contributed by atoms with van der Waals surface area (Å²) in [5, 5.41) is 3.32. The molecule has 3 rings (SSSR count). The third-order valence-corrected chi connectivity index (χ3v) is 4.16. The fourth-order valence-electron chi connectivity index (χ4n) is 2.76. The fourth-order valence-corrected chi connectivity index (χ4v) is 2.76. The van der Waals surface area contributed by atoms with E-state index in [4.69, 9.17) is 4.74 Å². The van der Waals surface area contributed by atoms with Crippen LogP contribution in [0.15, 0.2) is 4.99 Å². The van der Waals surface area contributed by atoms with Gasteiger partial charge in [0.05, 0.1) is 6.54 Å².